The summed E-state index contributed by atoms with van der Waals surface area (Å²) >= 11 is 0. The van der Waals surface area contributed by atoms with E-state index in [-0.39, 0.29) is 0 Å². The first-order valence-electron chi connectivity index (χ1n) is 3.65. The molecule has 1 aliphatic heterocycles. The maximum atomic E-state index is 5.23. The van der Waals surface area contributed by atoms with E-state index in [1.165, 1.54) is 0 Å². The van der Waals surface area contributed by atoms with E-state index in [1.807, 2.05) is 30.3 Å². The number of rotatable bonds is 1. The molecule has 11 heavy (non-hydrogen) atoms. The minimum absolute atomic E-state index is 0.658. The monoisotopic (exact) mass is 149 g/mol. The van der Waals surface area contributed by atoms with E-state index in [0.717, 1.165) is 5.56 Å². The lowest BCUT2D eigenvalue weighted by Crippen LogP contribution is -1.99. The van der Waals surface area contributed by atoms with Gasteiger partial charge in [0.15, 0.2) is 0 Å². The average molecular weight is 149 g/mol. The first kappa shape index (κ1) is 6.40. The van der Waals surface area contributed by atoms with Gasteiger partial charge in [-0.15, -0.1) is 0 Å². The summed E-state index contributed by atoms with van der Waals surface area (Å²) in [6.07, 6.45) is 0. The summed E-state index contributed by atoms with van der Waals surface area (Å²) in [5.74, 6) is 0.658. The maximum absolute atomic E-state index is 5.23. The van der Waals surface area contributed by atoms with E-state index < -0.39 is 0 Å². The second kappa shape index (κ2) is 2.74. The minimum atomic E-state index is 0.658. The molecule has 2 rings (SSSR count). The van der Waals surface area contributed by atoms with Gasteiger partial charge in [0.05, 0.1) is 0 Å². The summed E-state index contributed by atoms with van der Waals surface area (Å²) in [6.45, 7) is 1.34. The molecule has 2 heteroatoms. The van der Waals surface area contributed by atoms with Gasteiger partial charge >= 0.3 is 5.97 Å². The van der Waals surface area contributed by atoms with Crippen molar-refractivity contribution in [3.05, 3.63) is 35.9 Å². The molecule has 0 spiro atoms. The molecule has 0 N–H and O–H groups in total. The smallest absolute Gasteiger partial charge is 0.311 e. The largest absolute Gasteiger partial charge is 0.520 e. The van der Waals surface area contributed by atoms with Crippen LogP contribution in [0.4, 0.5) is 0 Å². The van der Waals surface area contributed by atoms with Crippen LogP contribution in [0.3, 0.4) is 0 Å². The molecule has 2 nitrogen and oxygen atoms in total. The van der Waals surface area contributed by atoms with Gasteiger partial charge in [0.25, 0.3) is 0 Å². The molecule has 0 unspecified atom stereocenters. The van der Waals surface area contributed by atoms with Crippen LogP contribution in [-0.4, -0.2) is 19.2 Å². The molecule has 0 radical (unpaired) electrons. The summed E-state index contributed by atoms with van der Waals surface area (Å²) in [5, 5.41) is 0. The lowest BCUT2D eigenvalue weighted by atomic mass is 10.2. The van der Waals surface area contributed by atoms with E-state index >= 15 is 0 Å². The minimum Gasteiger partial charge on any atom is -0.311 e. The van der Waals surface area contributed by atoms with Crippen LogP contribution in [0, 0.1) is 0 Å². The van der Waals surface area contributed by atoms with Crippen LogP contribution in [0.25, 0.3) is 0 Å². The molecule has 0 saturated heterocycles. The van der Waals surface area contributed by atoms with E-state index in [0.29, 0.717) is 19.2 Å². The Labute approximate surface area is 65.1 Å². The summed E-state index contributed by atoms with van der Waals surface area (Å²) in [4.78, 5) is 0. The highest BCUT2D eigenvalue weighted by atomic mass is 16.6. The van der Waals surface area contributed by atoms with E-state index in [4.69, 9.17) is 9.16 Å². The first-order chi connectivity index (χ1) is 5.47. The van der Waals surface area contributed by atoms with Gasteiger partial charge in [-0.1, -0.05) is 18.2 Å². The van der Waals surface area contributed by atoms with Crippen LogP contribution in [0.5, 0.6) is 0 Å². The summed E-state index contributed by atoms with van der Waals surface area (Å²) in [7, 11) is 0. The zero-order valence-corrected chi connectivity index (χ0v) is 6.12. The average Bonchev–Trinajstić information content (AvgIpc) is 2.58. The number of carbonyl (C=O) groups excluding carboxylic acids is 1. The van der Waals surface area contributed by atoms with Crippen LogP contribution in [-0.2, 0) is 4.74 Å². The van der Waals surface area contributed by atoms with Crippen molar-refractivity contribution in [1.29, 1.82) is 0 Å². The molecule has 56 valence electrons. The lowest BCUT2D eigenvalue weighted by Gasteiger charge is -1.87. The van der Waals surface area contributed by atoms with Gasteiger partial charge in [-0.25, -0.2) is 0 Å². The number of benzene rings is 1. The molecular weight excluding hydrogens is 140 g/mol. The first-order valence-corrected chi connectivity index (χ1v) is 3.65. The lowest BCUT2D eigenvalue weighted by molar-refractivity contribution is -0.253. The molecule has 0 fully saturated rings. The van der Waals surface area contributed by atoms with Crippen LogP contribution >= 0.6 is 0 Å². The predicted octanol–water partition coefficient (Wildman–Crippen LogP) is 1.39. The predicted molar refractivity (Wildman–Crippen MR) is 41.6 cm³/mol. The molecule has 1 aliphatic rings. The Hall–Kier alpha value is -1.31. The Morgan fingerprint density at radius 3 is 2.64 bits per heavy atom. The molecule has 0 atom stereocenters. The van der Waals surface area contributed by atoms with Gasteiger partial charge in [0.2, 0.25) is 13.2 Å². The normalized spacial score (nSPS) is 15.8. The number of esters is 1. The topological polar surface area (TPSA) is 20.5 Å². The summed E-state index contributed by atoms with van der Waals surface area (Å²) in [6, 6.07) is 9.85. The van der Waals surface area contributed by atoms with E-state index in [2.05, 4.69) is 0 Å². The summed E-state index contributed by atoms with van der Waals surface area (Å²) in [5.41, 5.74) is 1.02. The number of hydrogen-bond donors (Lipinski definition) is 0. The fraction of sp³-hybridized carbons (Fsp3) is 0.222. The van der Waals surface area contributed by atoms with Crippen molar-refractivity contribution < 1.29 is 9.16 Å². The number of hydrogen-bond acceptors (Lipinski definition) is 1. The van der Waals surface area contributed by atoms with Crippen LogP contribution < -0.4 is 0 Å². The Bertz CT molecular complexity index is 264. The van der Waals surface area contributed by atoms with Crippen molar-refractivity contribution in [3.8, 4) is 0 Å². The van der Waals surface area contributed by atoms with Gasteiger partial charge in [0.1, 0.15) is 5.56 Å². The van der Waals surface area contributed by atoms with Crippen LogP contribution in [0.2, 0.25) is 0 Å². The Balaban J connectivity index is 2.29. The fourth-order valence-corrected chi connectivity index (χ4v) is 1.05. The molecule has 0 aromatic heterocycles. The molecule has 0 amide bonds. The van der Waals surface area contributed by atoms with Gasteiger partial charge in [-0.2, -0.15) is 0 Å². The van der Waals surface area contributed by atoms with Crippen molar-refractivity contribution in [3.63, 3.8) is 0 Å². The fourth-order valence-electron chi connectivity index (χ4n) is 1.05. The van der Waals surface area contributed by atoms with Crippen molar-refractivity contribution in [1.82, 2.24) is 0 Å². The SMILES string of the molecule is c1ccc(C2=[O+]CCO2)cc1. The molecule has 0 bridgehead atoms. The zero-order chi connectivity index (χ0) is 7.52. The van der Waals surface area contributed by atoms with Gasteiger partial charge in [0, 0.05) is 0 Å². The van der Waals surface area contributed by atoms with E-state index in [9.17, 15) is 0 Å². The third kappa shape index (κ3) is 1.24. The highest BCUT2D eigenvalue weighted by Crippen LogP contribution is 2.05. The molecule has 1 heterocycles. The van der Waals surface area contributed by atoms with E-state index in [1.54, 1.807) is 0 Å². The molecular formula is C9H9O2+. The Morgan fingerprint density at radius 1 is 1.18 bits per heavy atom. The van der Waals surface area contributed by atoms with Crippen molar-refractivity contribution in [2.45, 2.75) is 0 Å². The van der Waals surface area contributed by atoms with Crippen molar-refractivity contribution in [2.24, 2.45) is 0 Å². The third-order valence-corrected chi connectivity index (χ3v) is 1.56. The van der Waals surface area contributed by atoms with Crippen LogP contribution in [0.1, 0.15) is 9.99 Å². The highest BCUT2D eigenvalue weighted by Gasteiger charge is 2.23. The number of ether oxygens (including phenoxy) is 1. The van der Waals surface area contributed by atoms with Gasteiger partial charge < -0.3 is 9.16 Å². The third-order valence-electron chi connectivity index (χ3n) is 1.56. The second-order valence-corrected chi connectivity index (χ2v) is 2.35. The second-order valence-electron chi connectivity index (χ2n) is 2.35. The molecule has 0 saturated carbocycles. The standard InChI is InChI=1S/C9H9O2/c1-2-4-8(5-3-1)9-10-6-7-11-9/h1-5H,6-7H2/q+1. The Morgan fingerprint density at radius 2 is 2.00 bits per heavy atom. The Kier molecular flexibility index (Phi) is 1.60. The van der Waals surface area contributed by atoms with Crippen LogP contribution in [0.15, 0.2) is 30.3 Å². The van der Waals surface area contributed by atoms with Gasteiger partial charge in [-0.3, -0.25) is 0 Å². The highest BCUT2D eigenvalue weighted by molar-refractivity contribution is 5.90. The molecule has 1 aromatic rings. The summed E-state index contributed by atoms with van der Waals surface area (Å²) < 4.78 is 10.5. The van der Waals surface area contributed by atoms with Crippen molar-refractivity contribution in [2.75, 3.05) is 13.2 Å². The van der Waals surface area contributed by atoms with Gasteiger partial charge in [-0.05, 0) is 12.1 Å². The van der Waals surface area contributed by atoms with Crippen molar-refractivity contribution >= 4 is 5.97 Å². The quantitative estimate of drug-likeness (QED) is 0.436. The molecule has 1 aromatic carbocycles. The maximum Gasteiger partial charge on any atom is 0.520 e. The number of cyclic esters (lactones) is 1. The zero-order valence-electron chi connectivity index (χ0n) is 6.12. The molecule has 0 aliphatic carbocycles.